The number of aromatic nitrogens is 2. The van der Waals surface area contributed by atoms with Gasteiger partial charge in [0.25, 0.3) is 0 Å². The number of hydrogen-bond acceptors (Lipinski definition) is 3. The summed E-state index contributed by atoms with van der Waals surface area (Å²) in [5.41, 5.74) is 14.3. The van der Waals surface area contributed by atoms with Crippen molar-refractivity contribution in [3.8, 4) is 0 Å². The van der Waals surface area contributed by atoms with E-state index in [9.17, 15) is 0 Å². The predicted octanol–water partition coefficient (Wildman–Crippen LogP) is 1.70. The Hall–Kier alpha value is -1.55. The molecule has 0 aliphatic carbocycles. The smallest absolute Gasteiger partial charge is 0.111 e. The number of nitrogen functional groups attached to an aromatic ring is 1. The van der Waals surface area contributed by atoms with E-state index >= 15 is 0 Å². The molecule has 0 fully saturated rings. The van der Waals surface area contributed by atoms with Crippen molar-refractivity contribution in [3.63, 3.8) is 0 Å². The number of rotatable bonds is 3. The molecule has 86 valence electrons. The number of fused-ring (bicyclic) bond motifs is 1. The molecule has 4 nitrogen and oxygen atoms in total. The molecule has 4 N–H and O–H groups in total. The van der Waals surface area contributed by atoms with Gasteiger partial charge >= 0.3 is 0 Å². The van der Waals surface area contributed by atoms with E-state index in [1.54, 1.807) is 0 Å². The lowest BCUT2D eigenvalue weighted by atomic mass is 10.2. The van der Waals surface area contributed by atoms with Crippen LogP contribution in [0.2, 0.25) is 0 Å². The molecule has 0 aliphatic rings. The molecular weight excluding hydrogens is 200 g/mol. The van der Waals surface area contributed by atoms with Gasteiger partial charge in [-0.3, -0.25) is 0 Å². The molecule has 0 unspecified atom stereocenters. The average Bonchev–Trinajstić information content (AvgIpc) is 2.55. The van der Waals surface area contributed by atoms with E-state index in [1.165, 1.54) is 0 Å². The van der Waals surface area contributed by atoms with Crippen LogP contribution in [0.1, 0.15) is 25.7 Å². The van der Waals surface area contributed by atoms with Crippen molar-refractivity contribution >= 4 is 16.7 Å². The highest BCUT2D eigenvalue weighted by Gasteiger charge is 2.12. The average molecular weight is 218 g/mol. The SMILES string of the molecule is CC(C)n1c(CCN)nc2ccc(N)cc21. The van der Waals surface area contributed by atoms with Crippen molar-refractivity contribution in [2.24, 2.45) is 5.73 Å². The highest BCUT2D eigenvalue weighted by atomic mass is 15.1. The van der Waals surface area contributed by atoms with Crippen LogP contribution in [-0.2, 0) is 6.42 Å². The van der Waals surface area contributed by atoms with Gasteiger partial charge in [0.15, 0.2) is 0 Å². The lowest BCUT2D eigenvalue weighted by molar-refractivity contribution is 0.584. The first-order chi connectivity index (χ1) is 7.63. The van der Waals surface area contributed by atoms with Crippen molar-refractivity contribution < 1.29 is 0 Å². The number of nitrogens with two attached hydrogens (primary N) is 2. The molecule has 0 bridgehead atoms. The maximum atomic E-state index is 5.81. The van der Waals surface area contributed by atoms with Gasteiger partial charge in [0.05, 0.1) is 11.0 Å². The van der Waals surface area contributed by atoms with Crippen molar-refractivity contribution in [3.05, 3.63) is 24.0 Å². The maximum Gasteiger partial charge on any atom is 0.111 e. The van der Waals surface area contributed by atoms with Gasteiger partial charge in [0.1, 0.15) is 5.82 Å². The fourth-order valence-corrected chi connectivity index (χ4v) is 2.04. The standard InChI is InChI=1S/C12H18N4/c1-8(2)16-11-7-9(14)3-4-10(11)15-12(16)5-6-13/h3-4,7-8H,5-6,13-14H2,1-2H3. The Morgan fingerprint density at radius 2 is 2.12 bits per heavy atom. The van der Waals surface area contributed by atoms with Crippen LogP contribution in [0.3, 0.4) is 0 Å². The second kappa shape index (κ2) is 4.14. The van der Waals surface area contributed by atoms with E-state index in [4.69, 9.17) is 11.5 Å². The third kappa shape index (κ3) is 1.76. The van der Waals surface area contributed by atoms with E-state index in [0.717, 1.165) is 29.0 Å². The van der Waals surface area contributed by atoms with Crippen molar-refractivity contribution in [1.82, 2.24) is 9.55 Å². The van der Waals surface area contributed by atoms with E-state index in [-0.39, 0.29) is 0 Å². The zero-order chi connectivity index (χ0) is 11.7. The molecule has 0 saturated heterocycles. The highest BCUT2D eigenvalue weighted by Crippen LogP contribution is 2.23. The topological polar surface area (TPSA) is 69.9 Å². The van der Waals surface area contributed by atoms with Gasteiger partial charge in [0.2, 0.25) is 0 Å². The summed E-state index contributed by atoms with van der Waals surface area (Å²) in [5, 5.41) is 0. The molecule has 0 spiro atoms. The lowest BCUT2D eigenvalue weighted by Crippen LogP contribution is -2.11. The Kier molecular flexibility index (Phi) is 2.83. The number of anilines is 1. The molecule has 2 rings (SSSR count). The van der Waals surface area contributed by atoms with E-state index in [0.29, 0.717) is 12.6 Å². The zero-order valence-corrected chi connectivity index (χ0v) is 9.77. The number of imidazole rings is 1. The molecule has 1 aromatic heterocycles. The van der Waals surface area contributed by atoms with Crippen LogP contribution >= 0.6 is 0 Å². The first kappa shape index (κ1) is 11.0. The molecular formula is C12H18N4. The summed E-state index contributed by atoms with van der Waals surface area (Å²) in [6, 6.07) is 6.19. The van der Waals surface area contributed by atoms with Crippen LogP contribution in [0.5, 0.6) is 0 Å². The lowest BCUT2D eigenvalue weighted by Gasteiger charge is -2.12. The first-order valence-electron chi connectivity index (χ1n) is 5.60. The van der Waals surface area contributed by atoms with Crippen LogP contribution < -0.4 is 11.5 Å². The molecule has 16 heavy (non-hydrogen) atoms. The summed E-state index contributed by atoms with van der Waals surface area (Å²) in [4.78, 5) is 4.59. The Morgan fingerprint density at radius 1 is 1.38 bits per heavy atom. The van der Waals surface area contributed by atoms with Crippen molar-refractivity contribution in [2.45, 2.75) is 26.3 Å². The second-order valence-corrected chi connectivity index (χ2v) is 4.28. The van der Waals surface area contributed by atoms with Gasteiger partial charge in [0, 0.05) is 18.2 Å². The van der Waals surface area contributed by atoms with Crippen molar-refractivity contribution in [1.29, 1.82) is 0 Å². The second-order valence-electron chi connectivity index (χ2n) is 4.28. The molecule has 0 saturated carbocycles. The van der Waals surface area contributed by atoms with Crippen LogP contribution in [-0.4, -0.2) is 16.1 Å². The van der Waals surface area contributed by atoms with Gasteiger partial charge in [-0.1, -0.05) is 0 Å². The number of nitrogens with zero attached hydrogens (tertiary/aromatic N) is 2. The van der Waals surface area contributed by atoms with Crippen molar-refractivity contribution in [2.75, 3.05) is 12.3 Å². The molecule has 1 heterocycles. The van der Waals surface area contributed by atoms with E-state index < -0.39 is 0 Å². The highest BCUT2D eigenvalue weighted by molar-refractivity contribution is 5.79. The van der Waals surface area contributed by atoms with Gasteiger partial charge in [-0.2, -0.15) is 0 Å². The van der Waals surface area contributed by atoms with Crippen LogP contribution in [0.25, 0.3) is 11.0 Å². The summed E-state index contributed by atoms with van der Waals surface area (Å²) < 4.78 is 2.21. The minimum atomic E-state index is 0.369. The minimum Gasteiger partial charge on any atom is -0.399 e. The van der Waals surface area contributed by atoms with Gasteiger partial charge < -0.3 is 16.0 Å². The Balaban J connectivity index is 2.67. The fourth-order valence-electron chi connectivity index (χ4n) is 2.04. The van der Waals surface area contributed by atoms with Crippen LogP contribution in [0.15, 0.2) is 18.2 Å². The Labute approximate surface area is 95.3 Å². The zero-order valence-electron chi connectivity index (χ0n) is 9.77. The summed E-state index contributed by atoms with van der Waals surface area (Å²) in [6.45, 7) is 4.90. The molecule has 0 amide bonds. The number of hydrogen-bond donors (Lipinski definition) is 2. The normalized spacial score (nSPS) is 11.5. The molecule has 0 atom stereocenters. The van der Waals surface area contributed by atoms with E-state index in [1.807, 2.05) is 18.2 Å². The maximum absolute atomic E-state index is 5.81. The summed E-state index contributed by atoms with van der Waals surface area (Å²) in [5.74, 6) is 1.04. The molecule has 0 aliphatic heterocycles. The summed E-state index contributed by atoms with van der Waals surface area (Å²) in [6.07, 6.45) is 0.798. The summed E-state index contributed by atoms with van der Waals surface area (Å²) >= 11 is 0. The monoisotopic (exact) mass is 218 g/mol. The molecule has 0 radical (unpaired) electrons. The van der Waals surface area contributed by atoms with E-state index in [2.05, 4.69) is 23.4 Å². The third-order valence-electron chi connectivity index (χ3n) is 2.67. The molecule has 1 aromatic carbocycles. The summed E-state index contributed by atoms with van der Waals surface area (Å²) in [7, 11) is 0. The van der Waals surface area contributed by atoms with Gasteiger partial charge in [-0.05, 0) is 38.6 Å². The Bertz CT molecular complexity index is 499. The van der Waals surface area contributed by atoms with Crippen LogP contribution in [0, 0.1) is 0 Å². The predicted molar refractivity (Wildman–Crippen MR) is 67.3 cm³/mol. The van der Waals surface area contributed by atoms with Gasteiger partial charge in [-0.15, -0.1) is 0 Å². The minimum absolute atomic E-state index is 0.369. The largest absolute Gasteiger partial charge is 0.399 e. The fraction of sp³-hybridized carbons (Fsp3) is 0.417. The van der Waals surface area contributed by atoms with Gasteiger partial charge in [-0.25, -0.2) is 4.98 Å². The molecule has 2 aromatic rings. The quantitative estimate of drug-likeness (QED) is 0.770. The first-order valence-corrected chi connectivity index (χ1v) is 5.60. The van der Waals surface area contributed by atoms with Crippen LogP contribution in [0.4, 0.5) is 5.69 Å². The number of benzene rings is 1. The molecule has 4 heteroatoms. The third-order valence-corrected chi connectivity index (χ3v) is 2.67. The Morgan fingerprint density at radius 3 is 2.75 bits per heavy atom.